The predicted octanol–water partition coefficient (Wildman–Crippen LogP) is 4.30. The van der Waals surface area contributed by atoms with Gasteiger partial charge in [0.1, 0.15) is 5.75 Å². The first-order valence-electron chi connectivity index (χ1n) is 6.96. The highest BCUT2D eigenvalue weighted by molar-refractivity contribution is 6.31. The van der Waals surface area contributed by atoms with Crippen LogP contribution >= 0.6 is 11.6 Å². The number of aryl methyl sites for hydroxylation is 1. The maximum absolute atomic E-state index is 6.10. The molecule has 1 unspecified atom stereocenters. The summed E-state index contributed by atoms with van der Waals surface area (Å²) in [6.45, 7) is 3.97. The Labute approximate surface area is 123 Å². The molecule has 3 rings (SSSR count). The third kappa shape index (κ3) is 2.80. The second-order valence-corrected chi connectivity index (χ2v) is 5.54. The fourth-order valence-electron chi connectivity index (χ4n) is 2.07. The van der Waals surface area contributed by atoms with Gasteiger partial charge in [-0.3, -0.25) is 0 Å². The highest BCUT2D eigenvalue weighted by atomic mass is 35.5. The molecular formula is C15H17ClN2O2. The van der Waals surface area contributed by atoms with E-state index < -0.39 is 0 Å². The van der Waals surface area contributed by atoms with E-state index in [-0.39, 0.29) is 6.10 Å². The van der Waals surface area contributed by atoms with Crippen molar-refractivity contribution in [3.05, 3.63) is 40.5 Å². The van der Waals surface area contributed by atoms with Gasteiger partial charge in [0.25, 0.3) is 5.89 Å². The SMILES string of the molecule is CCc1cc(OC(C)c2nc(C3CC3)no2)ccc1Cl. The highest BCUT2D eigenvalue weighted by Crippen LogP contribution is 2.38. The summed E-state index contributed by atoms with van der Waals surface area (Å²) in [5.74, 6) is 2.59. The van der Waals surface area contributed by atoms with E-state index in [2.05, 4.69) is 17.1 Å². The maximum atomic E-state index is 6.10. The smallest absolute Gasteiger partial charge is 0.267 e. The van der Waals surface area contributed by atoms with E-state index in [9.17, 15) is 0 Å². The summed E-state index contributed by atoms with van der Waals surface area (Å²) in [6, 6.07) is 5.67. The molecule has 1 fully saturated rings. The Morgan fingerprint density at radius 3 is 2.95 bits per heavy atom. The maximum Gasteiger partial charge on any atom is 0.267 e. The van der Waals surface area contributed by atoms with Crippen LogP contribution in [0, 0.1) is 0 Å². The van der Waals surface area contributed by atoms with E-state index in [0.717, 1.165) is 41.4 Å². The number of benzene rings is 1. The van der Waals surface area contributed by atoms with Crippen LogP contribution in [-0.2, 0) is 6.42 Å². The average molecular weight is 293 g/mol. The van der Waals surface area contributed by atoms with Crippen molar-refractivity contribution in [1.29, 1.82) is 0 Å². The van der Waals surface area contributed by atoms with Crippen LogP contribution in [0.3, 0.4) is 0 Å². The normalized spacial score (nSPS) is 16.1. The molecule has 1 aliphatic carbocycles. The minimum atomic E-state index is -0.263. The van der Waals surface area contributed by atoms with E-state index in [4.69, 9.17) is 20.9 Å². The zero-order chi connectivity index (χ0) is 14.1. The molecule has 0 aliphatic heterocycles. The number of hydrogen-bond donors (Lipinski definition) is 0. The number of rotatable bonds is 5. The Kier molecular flexibility index (Phi) is 3.66. The second-order valence-electron chi connectivity index (χ2n) is 5.13. The van der Waals surface area contributed by atoms with Crippen LogP contribution in [0.15, 0.2) is 22.7 Å². The Morgan fingerprint density at radius 1 is 1.45 bits per heavy atom. The van der Waals surface area contributed by atoms with E-state index in [1.807, 2.05) is 25.1 Å². The lowest BCUT2D eigenvalue weighted by molar-refractivity contribution is 0.175. The first-order valence-corrected chi connectivity index (χ1v) is 7.33. The summed E-state index contributed by atoms with van der Waals surface area (Å²) in [5.41, 5.74) is 1.07. The zero-order valence-corrected chi connectivity index (χ0v) is 12.4. The standard InChI is InChI=1S/C15H17ClN2O2/c1-3-10-8-12(6-7-13(10)16)19-9(2)15-17-14(18-20-15)11-4-5-11/h6-9,11H,3-5H2,1-2H3. The third-order valence-corrected chi connectivity index (χ3v) is 3.83. The van der Waals surface area contributed by atoms with E-state index in [1.54, 1.807) is 0 Å². The van der Waals surface area contributed by atoms with Gasteiger partial charge < -0.3 is 9.26 Å². The van der Waals surface area contributed by atoms with Crippen LogP contribution in [-0.4, -0.2) is 10.1 Å². The molecule has 0 bridgehead atoms. The first-order chi connectivity index (χ1) is 9.67. The number of halogens is 1. The number of hydrogen-bond acceptors (Lipinski definition) is 4. The van der Waals surface area contributed by atoms with Gasteiger partial charge in [-0.25, -0.2) is 0 Å². The van der Waals surface area contributed by atoms with Crippen LogP contribution in [0.25, 0.3) is 0 Å². The highest BCUT2D eigenvalue weighted by Gasteiger charge is 2.29. The summed E-state index contributed by atoms with van der Waals surface area (Å²) < 4.78 is 11.1. The molecule has 20 heavy (non-hydrogen) atoms. The number of ether oxygens (including phenoxy) is 1. The fraction of sp³-hybridized carbons (Fsp3) is 0.467. The van der Waals surface area contributed by atoms with Crippen LogP contribution in [0.1, 0.15) is 56.0 Å². The quantitative estimate of drug-likeness (QED) is 0.824. The van der Waals surface area contributed by atoms with Gasteiger partial charge in [0.2, 0.25) is 0 Å². The minimum Gasteiger partial charge on any atom is -0.481 e. The lowest BCUT2D eigenvalue weighted by Gasteiger charge is -2.12. The Bertz CT molecular complexity index is 608. The molecule has 1 saturated carbocycles. The molecule has 0 saturated heterocycles. The lowest BCUT2D eigenvalue weighted by Crippen LogP contribution is -2.04. The second kappa shape index (κ2) is 5.44. The molecule has 1 atom stereocenters. The van der Waals surface area contributed by atoms with Gasteiger partial charge in [0.15, 0.2) is 11.9 Å². The summed E-state index contributed by atoms with van der Waals surface area (Å²) in [5, 5.41) is 4.77. The van der Waals surface area contributed by atoms with E-state index in [0.29, 0.717) is 11.8 Å². The van der Waals surface area contributed by atoms with Crippen LogP contribution in [0.2, 0.25) is 5.02 Å². The Morgan fingerprint density at radius 2 is 2.25 bits per heavy atom. The molecule has 0 radical (unpaired) electrons. The third-order valence-electron chi connectivity index (χ3n) is 3.46. The lowest BCUT2D eigenvalue weighted by atomic mass is 10.1. The molecule has 2 aromatic rings. The molecule has 106 valence electrons. The topological polar surface area (TPSA) is 48.2 Å². The van der Waals surface area contributed by atoms with Gasteiger partial charge in [-0.2, -0.15) is 4.98 Å². The van der Waals surface area contributed by atoms with Crippen molar-refractivity contribution in [2.45, 2.75) is 45.1 Å². The molecule has 1 aromatic carbocycles. The predicted molar refractivity (Wildman–Crippen MR) is 76.1 cm³/mol. The molecule has 0 amide bonds. The molecule has 0 N–H and O–H groups in total. The van der Waals surface area contributed by atoms with Crippen LogP contribution in [0.5, 0.6) is 5.75 Å². The summed E-state index contributed by atoms with van der Waals surface area (Å²) in [6.07, 6.45) is 2.92. The number of nitrogens with zero attached hydrogens (tertiary/aromatic N) is 2. The molecule has 5 heteroatoms. The van der Waals surface area contributed by atoms with Gasteiger partial charge >= 0.3 is 0 Å². The van der Waals surface area contributed by atoms with Crippen LogP contribution in [0.4, 0.5) is 0 Å². The van der Waals surface area contributed by atoms with Gasteiger partial charge in [0, 0.05) is 10.9 Å². The summed E-state index contributed by atoms with van der Waals surface area (Å²) in [4.78, 5) is 4.40. The monoisotopic (exact) mass is 292 g/mol. The average Bonchev–Trinajstić information content (AvgIpc) is 3.18. The van der Waals surface area contributed by atoms with Crippen molar-refractivity contribution in [2.24, 2.45) is 0 Å². The molecule has 1 heterocycles. The molecule has 0 spiro atoms. The number of aromatic nitrogens is 2. The minimum absolute atomic E-state index is 0.263. The van der Waals surface area contributed by atoms with E-state index in [1.165, 1.54) is 0 Å². The van der Waals surface area contributed by atoms with Gasteiger partial charge in [-0.05, 0) is 49.9 Å². The summed E-state index contributed by atoms with van der Waals surface area (Å²) >= 11 is 6.10. The fourth-order valence-corrected chi connectivity index (χ4v) is 2.32. The van der Waals surface area contributed by atoms with Crippen molar-refractivity contribution in [3.63, 3.8) is 0 Å². The Hall–Kier alpha value is -1.55. The van der Waals surface area contributed by atoms with Crippen molar-refractivity contribution >= 4 is 11.6 Å². The summed E-state index contributed by atoms with van der Waals surface area (Å²) in [7, 11) is 0. The van der Waals surface area contributed by atoms with Gasteiger partial charge in [-0.15, -0.1) is 0 Å². The molecule has 1 aromatic heterocycles. The van der Waals surface area contributed by atoms with Crippen molar-refractivity contribution in [1.82, 2.24) is 10.1 Å². The van der Waals surface area contributed by atoms with Crippen LogP contribution < -0.4 is 4.74 Å². The Balaban J connectivity index is 1.72. The first kappa shape index (κ1) is 13.4. The zero-order valence-electron chi connectivity index (χ0n) is 11.6. The van der Waals surface area contributed by atoms with Gasteiger partial charge in [0.05, 0.1) is 0 Å². The van der Waals surface area contributed by atoms with Crippen molar-refractivity contribution in [2.75, 3.05) is 0 Å². The van der Waals surface area contributed by atoms with Crippen molar-refractivity contribution in [3.8, 4) is 5.75 Å². The molecular weight excluding hydrogens is 276 g/mol. The molecule has 1 aliphatic rings. The largest absolute Gasteiger partial charge is 0.481 e. The van der Waals surface area contributed by atoms with Gasteiger partial charge in [-0.1, -0.05) is 23.7 Å². The van der Waals surface area contributed by atoms with E-state index >= 15 is 0 Å². The molecule has 4 nitrogen and oxygen atoms in total. The van der Waals surface area contributed by atoms with Crippen molar-refractivity contribution < 1.29 is 9.26 Å².